The van der Waals surface area contributed by atoms with E-state index in [0.717, 1.165) is 0 Å². The summed E-state index contributed by atoms with van der Waals surface area (Å²) in [4.78, 5) is 10.0. The predicted octanol–water partition coefficient (Wildman–Crippen LogP) is -0.138. The molecule has 0 aliphatic carbocycles. The summed E-state index contributed by atoms with van der Waals surface area (Å²) in [6.45, 7) is 1.50. The Morgan fingerprint density at radius 2 is 2.00 bits per heavy atom. The Bertz CT molecular complexity index is 76.8. The molecule has 0 bridgehead atoms. The summed E-state index contributed by atoms with van der Waals surface area (Å²) in [5.74, 6) is -0.509. The maximum Gasteiger partial charge on any atom is 0.255 e. The monoisotopic (exact) mass is 103 g/mol. The van der Waals surface area contributed by atoms with Gasteiger partial charge in [0.15, 0.2) is 0 Å². The van der Waals surface area contributed by atoms with E-state index in [2.05, 4.69) is 18.0 Å². The lowest BCUT2D eigenvalue weighted by atomic mass is 10.5. The molecule has 0 aliphatic rings. The fourth-order valence-electron chi connectivity index (χ4n) is 0. The molecule has 2 N–H and O–H groups in total. The predicted molar refractivity (Wildman–Crippen MR) is 27.5 cm³/mol. The first-order valence-corrected chi connectivity index (χ1v) is 1.86. The molecule has 0 aromatic rings. The lowest BCUT2D eigenvalue weighted by Crippen LogP contribution is -2.17. The second kappa shape index (κ2) is 1.87. The molecule has 0 aromatic carbocycles. The van der Waals surface area contributed by atoms with E-state index >= 15 is 0 Å². The van der Waals surface area contributed by atoms with Gasteiger partial charge >= 0.3 is 0 Å². The van der Waals surface area contributed by atoms with Crippen LogP contribution in [0.1, 0.15) is 6.92 Å². The third-order valence-electron chi connectivity index (χ3n) is 0.347. The Morgan fingerprint density at radius 3 is 2.00 bits per heavy atom. The molecule has 34 valence electrons. The van der Waals surface area contributed by atoms with E-state index in [1.807, 2.05) is 0 Å². The molecule has 0 unspecified atom stereocenters. The Balaban J connectivity index is 3.57. The van der Waals surface area contributed by atoms with E-state index in [0.29, 0.717) is 0 Å². The Kier molecular flexibility index (Phi) is 1.73. The summed E-state index contributed by atoms with van der Waals surface area (Å²) >= 11 is 4.34. The Labute approximate surface area is 41.3 Å². The van der Waals surface area contributed by atoms with Gasteiger partial charge in [-0.25, -0.2) is 0 Å². The lowest BCUT2D eigenvalue weighted by Gasteiger charge is -1.78. The summed E-state index contributed by atoms with van der Waals surface area (Å²) in [5, 5.41) is 0. The highest BCUT2D eigenvalue weighted by Gasteiger charge is 1.89. The zero-order chi connectivity index (χ0) is 5.15. The molecule has 0 aliphatic heterocycles. The standard InChI is InChI=1S/C3H5NOS/c1-2(6)3(4)5/h1H3,(H2,4,5). The second-order valence-electron chi connectivity index (χ2n) is 0.920. The Hall–Kier alpha value is -0.440. The van der Waals surface area contributed by atoms with E-state index in [4.69, 9.17) is 0 Å². The highest BCUT2D eigenvalue weighted by Crippen LogP contribution is 1.66. The molecule has 0 saturated carbocycles. The van der Waals surface area contributed by atoms with Crippen molar-refractivity contribution in [1.82, 2.24) is 0 Å². The number of amides is 1. The number of carbonyl (C=O) groups excluding carboxylic acids is 1. The number of rotatable bonds is 1. The van der Waals surface area contributed by atoms with Crippen LogP contribution in [0.2, 0.25) is 0 Å². The van der Waals surface area contributed by atoms with Crippen molar-refractivity contribution < 1.29 is 4.79 Å². The van der Waals surface area contributed by atoms with Gasteiger partial charge in [-0.3, -0.25) is 4.79 Å². The third kappa shape index (κ3) is 1.84. The smallest absolute Gasteiger partial charge is 0.255 e. The SMILES string of the molecule is CC(=S)C(N)=O. The van der Waals surface area contributed by atoms with Gasteiger partial charge < -0.3 is 5.73 Å². The van der Waals surface area contributed by atoms with Crippen molar-refractivity contribution >= 4 is 23.0 Å². The molecule has 6 heavy (non-hydrogen) atoms. The molecule has 0 aromatic heterocycles. The summed E-state index contributed by atoms with van der Waals surface area (Å²) in [6.07, 6.45) is 0. The average molecular weight is 103 g/mol. The number of hydrogen-bond donors (Lipinski definition) is 1. The summed E-state index contributed by atoms with van der Waals surface area (Å²) in [5.41, 5.74) is 4.66. The molecule has 0 heterocycles. The topological polar surface area (TPSA) is 43.1 Å². The number of primary amides is 1. The van der Waals surface area contributed by atoms with Crippen LogP contribution in [-0.2, 0) is 4.79 Å². The van der Waals surface area contributed by atoms with Crippen molar-refractivity contribution in [2.24, 2.45) is 5.73 Å². The summed E-state index contributed by atoms with van der Waals surface area (Å²) < 4.78 is 0. The molecule has 0 radical (unpaired) electrons. The van der Waals surface area contributed by atoms with E-state index in [1.54, 1.807) is 0 Å². The van der Waals surface area contributed by atoms with Gasteiger partial charge in [0.25, 0.3) is 5.91 Å². The number of hydrogen-bond acceptors (Lipinski definition) is 2. The fourth-order valence-corrected chi connectivity index (χ4v) is 0. The van der Waals surface area contributed by atoms with Crippen LogP contribution in [0, 0.1) is 0 Å². The summed E-state index contributed by atoms with van der Waals surface area (Å²) in [7, 11) is 0. The fraction of sp³-hybridized carbons (Fsp3) is 0.333. The van der Waals surface area contributed by atoms with Crippen LogP contribution in [0.5, 0.6) is 0 Å². The first kappa shape index (κ1) is 5.56. The maximum atomic E-state index is 9.78. The zero-order valence-electron chi connectivity index (χ0n) is 3.39. The van der Waals surface area contributed by atoms with Crippen LogP contribution in [0.15, 0.2) is 0 Å². The minimum atomic E-state index is -0.509. The molecule has 1 amide bonds. The van der Waals surface area contributed by atoms with Gasteiger partial charge in [-0.1, -0.05) is 12.2 Å². The molecule has 0 fully saturated rings. The quantitative estimate of drug-likeness (QED) is 0.469. The molecule has 0 spiro atoms. The zero-order valence-corrected chi connectivity index (χ0v) is 4.21. The molecule has 3 heteroatoms. The van der Waals surface area contributed by atoms with E-state index in [9.17, 15) is 4.79 Å². The maximum absolute atomic E-state index is 9.78. The van der Waals surface area contributed by atoms with Gasteiger partial charge in [-0.05, 0) is 6.92 Å². The first-order valence-electron chi connectivity index (χ1n) is 1.45. The van der Waals surface area contributed by atoms with Gasteiger partial charge in [0.1, 0.15) is 0 Å². The van der Waals surface area contributed by atoms with Gasteiger partial charge in [0.05, 0.1) is 4.86 Å². The average Bonchev–Trinajstić information content (AvgIpc) is 1.36. The van der Waals surface area contributed by atoms with E-state index < -0.39 is 5.91 Å². The van der Waals surface area contributed by atoms with Crippen molar-refractivity contribution in [3.05, 3.63) is 0 Å². The summed E-state index contributed by atoms with van der Waals surface area (Å²) in [6, 6.07) is 0. The van der Waals surface area contributed by atoms with E-state index in [-0.39, 0.29) is 4.86 Å². The van der Waals surface area contributed by atoms with Gasteiger partial charge in [0.2, 0.25) is 0 Å². The number of carbonyl (C=O) groups is 1. The minimum absolute atomic E-state index is 0.231. The normalized spacial score (nSPS) is 7.50. The van der Waals surface area contributed by atoms with Crippen LogP contribution in [0.4, 0.5) is 0 Å². The second-order valence-corrected chi connectivity index (χ2v) is 1.53. The molecule has 2 nitrogen and oxygen atoms in total. The van der Waals surface area contributed by atoms with Crippen LogP contribution in [-0.4, -0.2) is 10.8 Å². The highest BCUT2D eigenvalue weighted by molar-refractivity contribution is 7.82. The van der Waals surface area contributed by atoms with Crippen molar-refractivity contribution in [1.29, 1.82) is 0 Å². The molecular formula is C3H5NOS. The minimum Gasteiger partial charge on any atom is -0.365 e. The van der Waals surface area contributed by atoms with Crippen LogP contribution in [0.3, 0.4) is 0 Å². The Morgan fingerprint density at radius 1 is 1.83 bits per heavy atom. The first-order chi connectivity index (χ1) is 2.64. The van der Waals surface area contributed by atoms with Crippen molar-refractivity contribution in [3.8, 4) is 0 Å². The van der Waals surface area contributed by atoms with Crippen LogP contribution in [0.25, 0.3) is 0 Å². The van der Waals surface area contributed by atoms with Crippen molar-refractivity contribution in [3.63, 3.8) is 0 Å². The van der Waals surface area contributed by atoms with Crippen LogP contribution < -0.4 is 5.73 Å². The molecular weight excluding hydrogens is 98.1 g/mol. The number of thiocarbonyl (C=S) groups is 1. The van der Waals surface area contributed by atoms with Gasteiger partial charge in [-0.2, -0.15) is 0 Å². The van der Waals surface area contributed by atoms with Gasteiger partial charge in [-0.15, -0.1) is 0 Å². The third-order valence-corrected chi connectivity index (χ3v) is 0.548. The highest BCUT2D eigenvalue weighted by atomic mass is 32.1. The lowest BCUT2D eigenvalue weighted by molar-refractivity contribution is -0.111. The molecule has 0 rings (SSSR count). The van der Waals surface area contributed by atoms with Crippen molar-refractivity contribution in [2.45, 2.75) is 6.92 Å². The van der Waals surface area contributed by atoms with Crippen molar-refractivity contribution in [2.75, 3.05) is 0 Å². The molecule has 0 atom stereocenters. The largest absolute Gasteiger partial charge is 0.365 e. The van der Waals surface area contributed by atoms with Gasteiger partial charge in [0, 0.05) is 0 Å². The van der Waals surface area contributed by atoms with Crippen LogP contribution >= 0.6 is 12.2 Å². The molecule has 0 saturated heterocycles. The number of nitrogens with two attached hydrogens (primary N) is 1. The van der Waals surface area contributed by atoms with E-state index in [1.165, 1.54) is 6.92 Å².